The number of methoxy groups -OCH3 is 1. The lowest BCUT2D eigenvalue weighted by Crippen LogP contribution is -2.47. The summed E-state index contributed by atoms with van der Waals surface area (Å²) in [6, 6.07) is 1.86. The van der Waals surface area contributed by atoms with E-state index in [-0.39, 0.29) is 12.1 Å². The van der Waals surface area contributed by atoms with E-state index >= 15 is 0 Å². The summed E-state index contributed by atoms with van der Waals surface area (Å²) in [5.74, 6) is -0.451. The van der Waals surface area contributed by atoms with Crippen LogP contribution in [0.15, 0.2) is 18.5 Å². The topological polar surface area (TPSA) is 96.5 Å². The van der Waals surface area contributed by atoms with Crippen LogP contribution < -0.4 is 5.32 Å². The molecule has 3 heterocycles. The van der Waals surface area contributed by atoms with E-state index in [1.165, 1.54) is 13.3 Å². The molecular weight excluding hydrogens is 348 g/mol. The van der Waals surface area contributed by atoms with Gasteiger partial charge in [0.15, 0.2) is 0 Å². The van der Waals surface area contributed by atoms with Gasteiger partial charge in [-0.3, -0.25) is 0 Å². The lowest BCUT2D eigenvalue weighted by atomic mass is 10.0. The molecule has 8 nitrogen and oxygen atoms in total. The Kier molecular flexibility index (Phi) is 5.25. The molecule has 27 heavy (non-hydrogen) atoms. The molecule has 2 N–H and O–H groups in total. The largest absolute Gasteiger partial charge is 0.465 e. The monoisotopic (exact) mass is 374 g/mol. The first-order valence-corrected chi connectivity index (χ1v) is 9.07. The number of fused-ring (bicyclic) bond motifs is 1. The van der Waals surface area contributed by atoms with Crippen LogP contribution in [0.2, 0.25) is 0 Å². The summed E-state index contributed by atoms with van der Waals surface area (Å²) in [6.07, 6.45) is 4.70. The molecule has 1 amide bonds. The van der Waals surface area contributed by atoms with Crippen LogP contribution in [0, 0.1) is 0 Å². The average molecular weight is 374 g/mol. The highest BCUT2D eigenvalue weighted by atomic mass is 16.6. The third-order valence-electron chi connectivity index (χ3n) is 4.41. The predicted molar refractivity (Wildman–Crippen MR) is 102 cm³/mol. The fraction of sp³-hybridized carbons (Fsp3) is 0.526. The van der Waals surface area contributed by atoms with Crippen molar-refractivity contribution in [2.45, 2.75) is 45.3 Å². The zero-order valence-electron chi connectivity index (χ0n) is 16.2. The third-order valence-corrected chi connectivity index (χ3v) is 4.41. The second kappa shape index (κ2) is 7.46. The lowest BCUT2D eigenvalue weighted by Gasteiger charge is -2.35. The average Bonchev–Trinajstić information content (AvgIpc) is 3.09. The molecule has 1 atom stereocenters. The number of esters is 1. The van der Waals surface area contributed by atoms with E-state index in [2.05, 4.69) is 15.3 Å². The molecule has 0 aromatic carbocycles. The lowest BCUT2D eigenvalue weighted by molar-refractivity contribution is 0.0206. The van der Waals surface area contributed by atoms with E-state index in [4.69, 9.17) is 9.47 Å². The SMILES string of the molecule is COC(=O)c1cnc2[nH]ccc2c1N[C@@H]1CCCN(C(=O)OC(C)(C)C)C1. The summed E-state index contributed by atoms with van der Waals surface area (Å²) < 4.78 is 10.4. The molecule has 146 valence electrons. The van der Waals surface area contributed by atoms with Crippen molar-refractivity contribution in [2.24, 2.45) is 0 Å². The number of aromatic nitrogens is 2. The molecule has 3 rings (SSSR count). The van der Waals surface area contributed by atoms with Crippen LogP contribution >= 0.6 is 0 Å². The van der Waals surface area contributed by atoms with Crippen molar-refractivity contribution in [1.82, 2.24) is 14.9 Å². The van der Waals surface area contributed by atoms with Crippen molar-refractivity contribution in [1.29, 1.82) is 0 Å². The molecule has 2 aromatic rings. The third kappa shape index (κ3) is 4.32. The molecule has 8 heteroatoms. The van der Waals surface area contributed by atoms with Crippen LogP contribution in [0.5, 0.6) is 0 Å². The maximum Gasteiger partial charge on any atom is 0.410 e. The highest BCUT2D eigenvalue weighted by Crippen LogP contribution is 2.28. The number of piperidine rings is 1. The standard InChI is InChI=1S/C19H26N4O4/c1-19(2,3)27-18(25)23-9-5-6-12(11-23)22-15-13-7-8-20-16(13)21-10-14(15)17(24)26-4/h7-8,10,12H,5-6,9,11H2,1-4H3,(H2,20,21,22)/t12-/m1/s1. The molecule has 0 unspecified atom stereocenters. The number of likely N-dealkylation sites (tertiary alicyclic amines) is 1. The second-order valence-electron chi connectivity index (χ2n) is 7.69. The maximum absolute atomic E-state index is 12.4. The van der Waals surface area contributed by atoms with E-state index in [1.807, 2.05) is 26.8 Å². The molecule has 1 aliphatic rings. The number of hydrogen-bond acceptors (Lipinski definition) is 6. The zero-order chi connectivity index (χ0) is 19.6. The van der Waals surface area contributed by atoms with Crippen molar-refractivity contribution in [3.8, 4) is 0 Å². The van der Waals surface area contributed by atoms with Crippen LogP contribution in [-0.4, -0.2) is 58.8 Å². The summed E-state index contributed by atoms with van der Waals surface area (Å²) in [5, 5.41) is 4.24. The van der Waals surface area contributed by atoms with Gasteiger partial charge in [-0.1, -0.05) is 0 Å². The number of carbonyl (C=O) groups excluding carboxylic acids is 2. The van der Waals surface area contributed by atoms with Crippen LogP contribution in [0.25, 0.3) is 11.0 Å². The molecule has 1 fully saturated rings. The summed E-state index contributed by atoms with van der Waals surface area (Å²) in [4.78, 5) is 33.6. The van der Waals surface area contributed by atoms with Gasteiger partial charge >= 0.3 is 12.1 Å². The van der Waals surface area contributed by atoms with Gasteiger partial charge in [0.2, 0.25) is 0 Å². The number of pyridine rings is 1. The molecule has 0 saturated carbocycles. The predicted octanol–water partition coefficient (Wildman–Crippen LogP) is 3.16. The molecule has 2 aromatic heterocycles. The Labute approximate surface area is 158 Å². The molecular formula is C19H26N4O4. The molecule has 0 radical (unpaired) electrons. The Bertz CT molecular complexity index is 840. The Morgan fingerprint density at radius 1 is 1.37 bits per heavy atom. The Morgan fingerprint density at radius 3 is 2.85 bits per heavy atom. The number of nitrogens with one attached hydrogen (secondary N) is 2. The number of carbonyl (C=O) groups is 2. The summed E-state index contributed by atoms with van der Waals surface area (Å²) >= 11 is 0. The van der Waals surface area contributed by atoms with E-state index in [9.17, 15) is 9.59 Å². The molecule has 0 bridgehead atoms. The Balaban J connectivity index is 1.81. The molecule has 0 spiro atoms. The van der Waals surface area contributed by atoms with Crippen molar-refractivity contribution in [2.75, 3.05) is 25.5 Å². The van der Waals surface area contributed by atoms with Gasteiger partial charge in [-0.05, 0) is 39.7 Å². The van der Waals surface area contributed by atoms with Gasteiger partial charge in [-0.15, -0.1) is 0 Å². The van der Waals surface area contributed by atoms with Gasteiger partial charge in [-0.25, -0.2) is 14.6 Å². The molecule has 1 saturated heterocycles. The first-order valence-electron chi connectivity index (χ1n) is 9.07. The first kappa shape index (κ1) is 19.0. The van der Waals surface area contributed by atoms with Gasteiger partial charge in [-0.2, -0.15) is 0 Å². The summed E-state index contributed by atoms with van der Waals surface area (Å²) in [5.41, 5.74) is 1.20. The number of aromatic amines is 1. The highest BCUT2D eigenvalue weighted by molar-refractivity contribution is 6.04. The van der Waals surface area contributed by atoms with Crippen LogP contribution in [0.4, 0.5) is 10.5 Å². The van der Waals surface area contributed by atoms with Gasteiger partial charge < -0.3 is 24.7 Å². The molecule has 1 aliphatic heterocycles. The zero-order valence-corrected chi connectivity index (χ0v) is 16.2. The highest BCUT2D eigenvalue weighted by Gasteiger charge is 2.29. The number of ether oxygens (including phenoxy) is 2. The minimum atomic E-state index is -0.530. The minimum Gasteiger partial charge on any atom is -0.465 e. The van der Waals surface area contributed by atoms with E-state index in [1.54, 1.807) is 11.1 Å². The Morgan fingerprint density at radius 2 is 2.15 bits per heavy atom. The normalized spacial score (nSPS) is 17.6. The van der Waals surface area contributed by atoms with Crippen molar-refractivity contribution in [3.63, 3.8) is 0 Å². The minimum absolute atomic E-state index is 0.00447. The fourth-order valence-corrected chi connectivity index (χ4v) is 3.22. The van der Waals surface area contributed by atoms with Crippen LogP contribution in [0.3, 0.4) is 0 Å². The quantitative estimate of drug-likeness (QED) is 0.801. The second-order valence-corrected chi connectivity index (χ2v) is 7.69. The fourth-order valence-electron chi connectivity index (χ4n) is 3.22. The number of anilines is 1. The van der Waals surface area contributed by atoms with Gasteiger partial charge in [0.05, 0.1) is 12.8 Å². The van der Waals surface area contributed by atoms with Crippen LogP contribution in [0.1, 0.15) is 44.0 Å². The van der Waals surface area contributed by atoms with Crippen molar-refractivity contribution >= 4 is 28.8 Å². The number of hydrogen-bond donors (Lipinski definition) is 2. The maximum atomic E-state index is 12.4. The number of amides is 1. The smallest absolute Gasteiger partial charge is 0.410 e. The van der Waals surface area contributed by atoms with E-state index < -0.39 is 11.6 Å². The first-order chi connectivity index (χ1) is 12.8. The number of rotatable bonds is 3. The van der Waals surface area contributed by atoms with Crippen molar-refractivity contribution in [3.05, 3.63) is 24.0 Å². The number of H-pyrrole nitrogens is 1. The van der Waals surface area contributed by atoms with Crippen molar-refractivity contribution < 1.29 is 19.1 Å². The van der Waals surface area contributed by atoms with E-state index in [0.717, 1.165) is 18.2 Å². The van der Waals surface area contributed by atoms with Crippen LogP contribution in [-0.2, 0) is 9.47 Å². The van der Waals surface area contributed by atoms with E-state index in [0.29, 0.717) is 30.0 Å². The summed E-state index contributed by atoms with van der Waals surface area (Å²) in [7, 11) is 1.35. The van der Waals surface area contributed by atoms with Gasteiger partial charge in [0.25, 0.3) is 0 Å². The summed E-state index contributed by atoms with van der Waals surface area (Å²) in [6.45, 7) is 6.73. The van der Waals surface area contributed by atoms with Gasteiger partial charge in [0.1, 0.15) is 16.8 Å². The van der Waals surface area contributed by atoms with Gasteiger partial charge in [0, 0.05) is 36.9 Å². The molecule has 0 aliphatic carbocycles. The number of nitrogens with zero attached hydrogens (tertiary/aromatic N) is 2. The Hall–Kier alpha value is -2.77.